The van der Waals surface area contributed by atoms with Gasteiger partial charge in [0.2, 0.25) is 0 Å². The minimum atomic E-state index is -0.972. The van der Waals surface area contributed by atoms with Gasteiger partial charge in [-0.15, -0.1) is 0 Å². The van der Waals surface area contributed by atoms with Crippen molar-refractivity contribution in [3.8, 4) is 5.75 Å². The molecule has 0 bridgehead atoms. The summed E-state index contributed by atoms with van der Waals surface area (Å²) in [7, 11) is 1.63. The van der Waals surface area contributed by atoms with Crippen LogP contribution < -0.4 is 10.1 Å². The first-order valence-electron chi connectivity index (χ1n) is 6.17. The molecule has 0 saturated carbocycles. The molecule has 2 aromatic rings. The molecule has 1 heterocycles. The van der Waals surface area contributed by atoms with Gasteiger partial charge < -0.3 is 19.9 Å². The first-order valence-corrected chi connectivity index (χ1v) is 6.17. The van der Waals surface area contributed by atoms with Gasteiger partial charge in [-0.1, -0.05) is 0 Å². The standard InChI is InChI=1S/C14H16N2O4/c1-19-11-2-3-12-10(8-11)4-5-15-14(12)16-6-7-20-9-13(17)18/h2-5,8H,6-7,9H2,1H3,(H,15,16)(H,17,18). The summed E-state index contributed by atoms with van der Waals surface area (Å²) in [6.07, 6.45) is 1.71. The van der Waals surface area contributed by atoms with Crippen molar-refractivity contribution >= 4 is 22.6 Å². The lowest BCUT2D eigenvalue weighted by atomic mass is 10.1. The number of aliphatic carboxylic acids is 1. The molecule has 1 aromatic carbocycles. The summed E-state index contributed by atoms with van der Waals surface area (Å²) in [5.41, 5.74) is 0. The average Bonchev–Trinajstić information content (AvgIpc) is 2.46. The van der Waals surface area contributed by atoms with Gasteiger partial charge >= 0.3 is 5.97 Å². The highest BCUT2D eigenvalue weighted by molar-refractivity contribution is 5.92. The lowest BCUT2D eigenvalue weighted by Gasteiger charge is -2.09. The molecule has 0 aliphatic carbocycles. The molecule has 0 radical (unpaired) electrons. The lowest BCUT2D eigenvalue weighted by molar-refractivity contribution is -0.142. The number of hydrogen-bond donors (Lipinski definition) is 2. The van der Waals surface area contributed by atoms with Crippen molar-refractivity contribution in [3.05, 3.63) is 30.5 Å². The van der Waals surface area contributed by atoms with E-state index in [1.54, 1.807) is 13.3 Å². The smallest absolute Gasteiger partial charge is 0.329 e. The number of hydrogen-bond acceptors (Lipinski definition) is 5. The van der Waals surface area contributed by atoms with Crippen LogP contribution in [0.25, 0.3) is 10.8 Å². The molecule has 1 aromatic heterocycles. The zero-order valence-corrected chi connectivity index (χ0v) is 11.1. The highest BCUT2D eigenvalue weighted by Gasteiger charge is 2.03. The molecule has 2 rings (SSSR count). The van der Waals surface area contributed by atoms with Crippen molar-refractivity contribution < 1.29 is 19.4 Å². The van der Waals surface area contributed by atoms with E-state index >= 15 is 0 Å². The number of methoxy groups -OCH3 is 1. The van der Waals surface area contributed by atoms with Gasteiger partial charge in [-0.3, -0.25) is 0 Å². The van der Waals surface area contributed by atoms with E-state index in [9.17, 15) is 4.79 Å². The molecule has 0 aliphatic rings. The number of rotatable bonds is 7. The van der Waals surface area contributed by atoms with Crippen LogP contribution in [0.4, 0.5) is 5.82 Å². The Morgan fingerprint density at radius 2 is 2.25 bits per heavy atom. The van der Waals surface area contributed by atoms with Crippen LogP contribution in [0.3, 0.4) is 0 Å². The molecule has 0 amide bonds. The zero-order valence-electron chi connectivity index (χ0n) is 11.1. The molecule has 0 atom stereocenters. The van der Waals surface area contributed by atoms with Gasteiger partial charge in [0, 0.05) is 18.1 Å². The Morgan fingerprint density at radius 1 is 1.40 bits per heavy atom. The monoisotopic (exact) mass is 276 g/mol. The molecule has 20 heavy (non-hydrogen) atoms. The predicted octanol–water partition coefficient (Wildman–Crippen LogP) is 1.76. The van der Waals surface area contributed by atoms with Gasteiger partial charge in [0.15, 0.2) is 0 Å². The molecule has 0 spiro atoms. The van der Waals surface area contributed by atoms with Gasteiger partial charge in [0.05, 0.1) is 13.7 Å². The second kappa shape index (κ2) is 6.72. The maximum absolute atomic E-state index is 10.3. The Kier molecular flexibility index (Phi) is 4.73. The Balaban J connectivity index is 2.01. The van der Waals surface area contributed by atoms with Crippen LogP contribution in [0, 0.1) is 0 Å². The Hall–Kier alpha value is -2.34. The van der Waals surface area contributed by atoms with E-state index in [-0.39, 0.29) is 6.61 Å². The first kappa shape index (κ1) is 14.1. The fourth-order valence-electron chi connectivity index (χ4n) is 1.82. The Morgan fingerprint density at radius 3 is 3.00 bits per heavy atom. The summed E-state index contributed by atoms with van der Waals surface area (Å²) < 4.78 is 10.1. The van der Waals surface area contributed by atoms with Crippen LogP contribution in [0.2, 0.25) is 0 Å². The third-order valence-electron chi connectivity index (χ3n) is 2.74. The predicted molar refractivity (Wildman–Crippen MR) is 75.2 cm³/mol. The normalized spacial score (nSPS) is 10.4. The number of benzene rings is 1. The van der Waals surface area contributed by atoms with E-state index in [2.05, 4.69) is 10.3 Å². The quantitative estimate of drug-likeness (QED) is 0.750. The van der Waals surface area contributed by atoms with Crippen LogP contribution in [0.5, 0.6) is 5.75 Å². The second-order valence-corrected chi connectivity index (χ2v) is 4.12. The van der Waals surface area contributed by atoms with Crippen LogP contribution in [-0.4, -0.2) is 42.9 Å². The van der Waals surface area contributed by atoms with Crippen molar-refractivity contribution in [2.75, 3.05) is 32.2 Å². The number of nitrogens with zero attached hydrogens (tertiary/aromatic N) is 1. The minimum absolute atomic E-state index is 0.290. The summed E-state index contributed by atoms with van der Waals surface area (Å²) >= 11 is 0. The van der Waals surface area contributed by atoms with Crippen LogP contribution in [0.15, 0.2) is 30.5 Å². The van der Waals surface area contributed by atoms with Gasteiger partial charge in [0.25, 0.3) is 0 Å². The Bertz CT molecular complexity index is 601. The number of anilines is 1. The minimum Gasteiger partial charge on any atom is -0.497 e. The number of carbonyl (C=O) groups is 1. The number of pyridine rings is 1. The van der Waals surface area contributed by atoms with Gasteiger partial charge in [0.1, 0.15) is 18.2 Å². The van der Waals surface area contributed by atoms with Crippen molar-refractivity contribution in [2.24, 2.45) is 0 Å². The molecule has 0 saturated heterocycles. The van der Waals surface area contributed by atoms with E-state index in [4.69, 9.17) is 14.6 Å². The molecule has 2 N–H and O–H groups in total. The molecule has 0 unspecified atom stereocenters. The SMILES string of the molecule is COc1ccc2c(NCCOCC(=O)O)nccc2c1. The lowest BCUT2D eigenvalue weighted by Crippen LogP contribution is -2.14. The van der Waals surface area contributed by atoms with E-state index < -0.39 is 5.97 Å². The molecule has 6 nitrogen and oxygen atoms in total. The summed E-state index contributed by atoms with van der Waals surface area (Å²) in [6.45, 7) is 0.508. The number of carboxylic acid groups (broad SMARTS) is 1. The molecule has 106 valence electrons. The largest absolute Gasteiger partial charge is 0.497 e. The molecule has 0 fully saturated rings. The fraction of sp³-hybridized carbons (Fsp3) is 0.286. The van der Waals surface area contributed by atoms with Crippen LogP contribution >= 0.6 is 0 Å². The summed E-state index contributed by atoms with van der Waals surface area (Å²) in [4.78, 5) is 14.6. The van der Waals surface area contributed by atoms with Crippen molar-refractivity contribution in [3.63, 3.8) is 0 Å². The van der Waals surface area contributed by atoms with Crippen molar-refractivity contribution in [2.45, 2.75) is 0 Å². The van der Waals surface area contributed by atoms with Gasteiger partial charge in [-0.05, 0) is 29.7 Å². The van der Waals surface area contributed by atoms with Crippen molar-refractivity contribution in [1.82, 2.24) is 4.98 Å². The summed E-state index contributed by atoms with van der Waals surface area (Å²) in [6, 6.07) is 7.64. The first-order chi connectivity index (χ1) is 9.70. The number of fused-ring (bicyclic) bond motifs is 1. The average molecular weight is 276 g/mol. The number of ether oxygens (including phenoxy) is 2. The number of carboxylic acids is 1. The third kappa shape index (κ3) is 3.58. The number of aromatic nitrogens is 1. The van der Waals surface area contributed by atoms with Crippen molar-refractivity contribution in [1.29, 1.82) is 0 Å². The summed E-state index contributed by atoms with van der Waals surface area (Å²) in [5.74, 6) is 0.559. The molecule has 0 aliphatic heterocycles. The summed E-state index contributed by atoms with van der Waals surface area (Å²) in [5, 5.41) is 13.6. The zero-order chi connectivity index (χ0) is 14.4. The van der Waals surface area contributed by atoms with E-state index in [0.717, 1.165) is 22.3 Å². The van der Waals surface area contributed by atoms with Crippen LogP contribution in [0.1, 0.15) is 0 Å². The van der Waals surface area contributed by atoms with Crippen LogP contribution in [-0.2, 0) is 9.53 Å². The third-order valence-corrected chi connectivity index (χ3v) is 2.74. The van der Waals surface area contributed by atoms with E-state index in [0.29, 0.717) is 13.2 Å². The van der Waals surface area contributed by atoms with Gasteiger partial charge in [-0.25, -0.2) is 9.78 Å². The maximum Gasteiger partial charge on any atom is 0.329 e. The number of nitrogens with one attached hydrogen (secondary N) is 1. The maximum atomic E-state index is 10.3. The van der Waals surface area contributed by atoms with Gasteiger partial charge in [-0.2, -0.15) is 0 Å². The Labute approximate surface area is 116 Å². The molecule has 6 heteroatoms. The topological polar surface area (TPSA) is 80.7 Å². The molecular weight excluding hydrogens is 260 g/mol. The highest BCUT2D eigenvalue weighted by atomic mass is 16.5. The van der Waals surface area contributed by atoms with E-state index in [1.807, 2.05) is 24.3 Å². The second-order valence-electron chi connectivity index (χ2n) is 4.12. The highest BCUT2D eigenvalue weighted by Crippen LogP contribution is 2.24. The fourth-order valence-corrected chi connectivity index (χ4v) is 1.82. The van der Waals surface area contributed by atoms with E-state index in [1.165, 1.54) is 0 Å². The molecular formula is C14H16N2O4.